The molecule has 0 atom stereocenters. The Morgan fingerprint density at radius 2 is 1.56 bits per heavy atom. The van der Waals surface area contributed by atoms with Crippen molar-refractivity contribution >= 4 is 6.08 Å². The van der Waals surface area contributed by atoms with Gasteiger partial charge in [0.1, 0.15) is 0 Å². The summed E-state index contributed by atoms with van der Waals surface area (Å²) in [4.78, 5) is 0. The lowest BCUT2D eigenvalue weighted by Crippen LogP contribution is -2.00. The molecule has 0 aromatic heterocycles. The fourth-order valence-corrected chi connectivity index (χ4v) is 1.22. The van der Waals surface area contributed by atoms with Crippen molar-refractivity contribution in [2.24, 2.45) is 0 Å². The van der Waals surface area contributed by atoms with Crippen molar-refractivity contribution in [1.29, 1.82) is 0 Å². The van der Waals surface area contributed by atoms with Crippen LogP contribution in [0.3, 0.4) is 0 Å². The predicted octanol–water partition coefficient (Wildman–Crippen LogP) is 3.84. The highest BCUT2D eigenvalue weighted by molar-refractivity contribution is 5.49. The molecule has 0 saturated carbocycles. The highest BCUT2D eigenvalue weighted by atomic mass is 16.7. The van der Waals surface area contributed by atoms with Gasteiger partial charge in [-0.2, -0.15) is 0 Å². The minimum atomic E-state index is 0.620. The van der Waals surface area contributed by atoms with E-state index in [1.165, 1.54) is 0 Å². The molecule has 0 saturated heterocycles. The number of hydrogen-bond donors (Lipinski definition) is 0. The Hall–Kier alpha value is -1.44. The molecule has 2 heteroatoms. The van der Waals surface area contributed by atoms with Crippen LogP contribution in [0.4, 0.5) is 0 Å². The van der Waals surface area contributed by atoms with Crippen molar-refractivity contribution in [3.63, 3.8) is 0 Å². The summed E-state index contributed by atoms with van der Waals surface area (Å²) in [6, 6.07) is 10.1. The first kappa shape index (κ1) is 12.6. The average molecular weight is 220 g/mol. The van der Waals surface area contributed by atoms with E-state index >= 15 is 0 Å². The SMILES string of the molecule is CCCOC(=Cc1ccccc1)OCCC. The summed E-state index contributed by atoms with van der Waals surface area (Å²) in [6.07, 6.45) is 3.91. The van der Waals surface area contributed by atoms with Crippen LogP contribution in [0.2, 0.25) is 0 Å². The van der Waals surface area contributed by atoms with Gasteiger partial charge in [0.25, 0.3) is 5.95 Å². The number of ether oxygens (including phenoxy) is 2. The highest BCUT2D eigenvalue weighted by Crippen LogP contribution is 2.09. The van der Waals surface area contributed by atoms with E-state index in [2.05, 4.69) is 13.8 Å². The normalized spacial score (nSPS) is 9.62. The first-order valence-electron chi connectivity index (χ1n) is 5.89. The van der Waals surface area contributed by atoms with Crippen LogP contribution in [0.5, 0.6) is 0 Å². The second kappa shape index (κ2) is 7.80. The van der Waals surface area contributed by atoms with Gasteiger partial charge in [-0.1, -0.05) is 44.2 Å². The Bertz CT molecular complexity index is 294. The second-order valence-electron chi connectivity index (χ2n) is 3.57. The molecule has 1 rings (SSSR count). The number of benzene rings is 1. The van der Waals surface area contributed by atoms with Gasteiger partial charge >= 0.3 is 0 Å². The maximum Gasteiger partial charge on any atom is 0.279 e. The Labute approximate surface area is 97.9 Å². The van der Waals surface area contributed by atoms with Crippen LogP contribution in [-0.4, -0.2) is 13.2 Å². The number of hydrogen-bond acceptors (Lipinski definition) is 2. The Kier molecular flexibility index (Phi) is 6.16. The third-order valence-electron chi connectivity index (χ3n) is 1.98. The Morgan fingerprint density at radius 3 is 2.06 bits per heavy atom. The van der Waals surface area contributed by atoms with Gasteiger partial charge in [0, 0.05) is 6.08 Å². The van der Waals surface area contributed by atoms with Crippen LogP contribution >= 0.6 is 0 Å². The molecule has 2 nitrogen and oxygen atoms in total. The molecule has 0 radical (unpaired) electrons. The van der Waals surface area contributed by atoms with E-state index in [0.717, 1.165) is 18.4 Å². The third kappa shape index (κ3) is 4.87. The quantitative estimate of drug-likeness (QED) is 0.650. The molecular formula is C14H20O2. The van der Waals surface area contributed by atoms with Gasteiger partial charge in [-0.25, -0.2) is 0 Å². The maximum atomic E-state index is 5.54. The van der Waals surface area contributed by atoms with E-state index in [-0.39, 0.29) is 0 Å². The van der Waals surface area contributed by atoms with Crippen LogP contribution in [-0.2, 0) is 9.47 Å². The summed E-state index contributed by atoms with van der Waals surface area (Å²) >= 11 is 0. The lowest BCUT2D eigenvalue weighted by molar-refractivity contribution is 0.0397. The van der Waals surface area contributed by atoms with Gasteiger partial charge in [-0.05, 0) is 18.4 Å². The molecule has 0 amide bonds. The molecule has 0 aliphatic rings. The molecule has 1 aromatic carbocycles. The van der Waals surface area contributed by atoms with E-state index in [9.17, 15) is 0 Å². The molecule has 0 heterocycles. The first-order chi connectivity index (χ1) is 7.86. The molecule has 16 heavy (non-hydrogen) atoms. The summed E-state index contributed by atoms with van der Waals surface area (Å²) in [5.74, 6) is 0.620. The first-order valence-corrected chi connectivity index (χ1v) is 5.89. The molecule has 1 aromatic rings. The van der Waals surface area contributed by atoms with Crippen LogP contribution in [0.15, 0.2) is 36.3 Å². The lowest BCUT2D eigenvalue weighted by Gasteiger charge is -2.10. The minimum Gasteiger partial charge on any atom is -0.465 e. The summed E-state index contributed by atoms with van der Waals surface area (Å²) in [6.45, 7) is 5.56. The second-order valence-corrected chi connectivity index (χ2v) is 3.57. The summed E-state index contributed by atoms with van der Waals surface area (Å²) in [5.41, 5.74) is 1.10. The molecule has 0 bridgehead atoms. The van der Waals surface area contributed by atoms with Crippen molar-refractivity contribution in [3.8, 4) is 0 Å². The van der Waals surface area contributed by atoms with Crippen LogP contribution in [0.25, 0.3) is 6.08 Å². The average Bonchev–Trinajstić information content (AvgIpc) is 2.34. The molecule has 0 aliphatic carbocycles. The van der Waals surface area contributed by atoms with Crippen LogP contribution in [0.1, 0.15) is 32.3 Å². The molecule has 0 spiro atoms. The van der Waals surface area contributed by atoms with Crippen LogP contribution < -0.4 is 0 Å². The van der Waals surface area contributed by atoms with E-state index in [0.29, 0.717) is 19.2 Å². The van der Waals surface area contributed by atoms with E-state index in [1.54, 1.807) is 0 Å². The Balaban J connectivity index is 2.63. The summed E-state index contributed by atoms with van der Waals surface area (Å²) in [5, 5.41) is 0. The third-order valence-corrected chi connectivity index (χ3v) is 1.98. The van der Waals surface area contributed by atoms with Crippen molar-refractivity contribution < 1.29 is 9.47 Å². The standard InChI is InChI=1S/C14H20O2/c1-3-10-15-14(16-11-4-2)12-13-8-6-5-7-9-13/h5-9,12H,3-4,10-11H2,1-2H3. The van der Waals surface area contributed by atoms with Gasteiger partial charge in [0.05, 0.1) is 13.2 Å². The van der Waals surface area contributed by atoms with Gasteiger partial charge in [-0.15, -0.1) is 0 Å². The predicted molar refractivity (Wildman–Crippen MR) is 66.9 cm³/mol. The lowest BCUT2D eigenvalue weighted by atomic mass is 10.2. The van der Waals surface area contributed by atoms with Crippen molar-refractivity contribution in [2.75, 3.05) is 13.2 Å². The number of rotatable bonds is 7. The molecule has 0 unspecified atom stereocenters. The molecule has 88 valence electrons. The van der Waals surface area contributed by atoms with Crippen molar-refractivity contribution in [3.05, 3.63) is 41.8 Å². The van der Waals surface area contributed by atoms with E-state index < -0.39 is 0 Å². The monoisotopic (exact) mass is 220 g/mol. The van der Waals surface area contributed by atoms with Crippen molar-refractivity contribution in [1.82, 2.24) is 0 Å². The van der Waals surface area contributed by atoms with E-state index in [1.807, 2.05) is 36.4 Å². The van der Waals surface area contributed by atoms with Crippen molar-refractivity contribution in [2.45, 2.75) is 26.7 Å². The van der Waals surface area contributed by atoms with Crippen LogP contribution in [0, 0.1) is 0 Å². The van der Waals surface area contributed by atoms with Gasteiger partial charge in [0.15, 0.2) is 0 Å². The van der Waals surface area contributed by atoms with Gasteiger partial charge in [0.2, 0.25) is 0 Å². The van der Waals surface area contributed by atoms with E-state index in [4.69, 9.17) is 9.47 Å². The molecule has 0 aliphatic heterocycles. The zero-order valence-electron chi connectivity index (χ0n) is 10.1. The fraction of sp³-hybridized carbons (Fsp3) is 0.429. The summed E-state index contributed by atoms with van der Waals surface area (Å²) in [7, 11) is 0. The minimum absolute atomic E-state index is 0.620. The summed E-state index contributed by atoms with van der Waals surface area (Å²) < 4.78 is 11.1. The molecule has 0 fully saturated rings. The zero-order valence-corrected chi connectivity index (χ0v) is 10.1. The smallest absolute Gasteiger partial charge is 0.279 e. The largest absolute Gasteiger partial charge is 0.465 e. The topological polar surface area (TPSA) is 18.5 Å². The zero-order chi connectivity index (χ0) is 11.6. The maximum absolute atomic E-state index is 5.54. The molecule has 0 N–H and O–H groups in total. The fourth-order valence-electron chi connectivity index (χ4n) is 1.22. The molecular weight excluding hydrogens is 200 g/mol. The Morgan fingerprint density at radius 1 is 1.00 bits per heavy atom. The highest BCUT2D eigenvalue weighted by Gasteiger charge is 1.99. The van der Waals surface area contributed by atoms with Gasteiger partial charge < -0.3 is 9.47 Å². The van der Waals surface area contributed by atoms with Gasteiger partial charge in [-0.3, -0.25) is 0 Å².